The fourth-order valence-corrected chi connectivity index (χ4v) is 2.12. The third kappa shape index (κ3) is 12.7. The Kier molecular flexibility index (Phi) is 14.1. The third-order valence-electron chi connectivity index (χ3n) is 3.75. The summed E-state index contributed by atoms with van der Waals surface area (Å²) in [4.78, 5) is 22.7. The summed E-state index contributed by atoms with van der Waals surface area (Å²) in [6, 6.07) is 18.9. The standard InChI is InChI=1S/C13H14O5.C7H8O.2C3H8/c1-13(8-17-12(15)18-9-13)11(14)16-7-10-5-3-2-4-6-10;8-6-7-4-2-1-3-5-7;2*1-3-2/h2-6H,7-9H2,1H3;1-5,8H,6H2;2*3H2,1-2H3/i;;2*1T. The molecule has 6 heteroatoms. The average molecular weight is 451 g/mol. The zero-order valence-electron chi connectivity index (χ0n) is 21.4. The second-order valence-corrected chi connectivity index (χ2v) is 7.09. The van der Waals surface area contributed by atoms with Crippen LogP contribution in [0, 0.1) is 5.41 Å². The summed E-state index contributed by atoms with van der Waals surface area (Å²) in [5.74, 6) is -0.432. The Bertz CT molecular complexity index is 753. The molecule has 6 nitrogen and oxygen atoms in total. The third-order valence-corrected chi connectivity index (χ3v) is 3.75. The lowest BCUT2D eigenvalue weighted by Crippen LogP contribution is -2.44. The quantitative estimate of drug-likeness (QED) is 0.583. The number of carbonyl (C=O) groups excluding carboxylic acids is 2. The SMILES string of the molecule is CC1(C(=O)OCc2ccccc2)COC(=O)OC1.OCc1ccccc1.[3H]CCC.[3H]CCC. The molecule has 2 aromatic carbocycles. The van der Waals surface area contributed by atoms with Crippen LogP contribution in [0.4, 0.5) is 4.79 Å². The van der Waals surface area contributed by atoms with E-state index in [4.69, 9.17) is 22.1 Å². The van der Waals surface area contributed by atoms with Crippen LogP contribution in [0.25, 0.3) is 0 Å². The van der Waals surface area contributed by atoms with Crippen LogP contribution >= 0.6 is 0 Å². The Morgan fingerprint density at radius 2 is 1.41 bits per heavy atom. The molecule has 1 aliphatic rings. The van der Waals surface area contributed by atoms with E-state index >= 15 is 0 Å². The molecule has 0 amide bonds. The first-order chi connectivity index (χ1) is 16.4. The monoisotopic (exact) mass is 450 g/mol. The fraction of sp³-hybridized carbons (Fsp3) is 0.462. The summed E-state index contributed by atoms with van der Waals surface area (Å²) in [6.45, 7) is 7.08. The van der Waals surface area contributed by atoms with Crippen molar-refractivity contribution in [1.29, 1.82) is 0 Å². The van der Waals surface area contributed by atoms with E-state index in [1.807, 2.05) is 74.5 Å². The number of ether oxygens (including phenoxy) is 3. The minimum absolute atomic E-state index is 0.0144. The van der Waals surface area contributed by atoms with Crippen LogP contribution in [0.5, 0.6) is 0 Å². The topological polar surface area (TPSA) is 82.1 Å². The Labute approximate surface area is 195 Å². The fourth-order valence-electron chi connectivity index (χ4n) is 2.12. The number of aliphatic hydroxyl groups is 1. The smallest absolute Gasteiger partial charge is 0.460 e. The highest BCUT2D eigenvalue weighted by Gasteiger charge is 2.41. The first-order valence-corrected chi connectivity index (χ1v) is 10.6. The van der Waals surface area contributed by atoms with E-state index in [1.54, 1.807) is 6.92 Å². The largest absolute Gasteiger partial charge is 0.508 e. The molecular formula is C26H38O6. The molecular weight excluding hydrogens is 408 g/mol. The molecule has 3 rings (SSSR count). The summed E-state index contributed by atoms with van der Waals surface area (Å²) in [5, 5.41) is 8.54. The lowest BCUT2D eigenvalue weighted by molar-refractivity contribution is -0.167. The van der Waals surface area contributed by atoms with Gasteiger partial charge in [-0.2, -0.15) is 0 Å². The van der Waals surface area contributed by atoms with E-state index in [9.17, 15) is 9.59 Å². The van der Waals surface area contributed by atoms with Gasteiger partial charge in [0.15, 0.2) is 0 Å². The van der Waals surface area contributed by atoms with Crippen LogP contribution in [0.15, 0.2) is 60.7 Å². The van der Waals surface area contributed by atoms with Gasteiger partial charge in [0.2, 0.25) is 0 Å². The summed E-state index contributed by atoms with van der Waals surface area (Å²) < 4.78 is 27.5. The Balaban J connectivity index is 0.000000559. The van der Waals surface area contributed by atoms with Gasteiger partial charge in [-0.3, -0.25) is 4.79 Å². The zero-order valence-corrected chi connectivity index (χ0v) is 19.4. The lowest BCUT2D eigenvalue weighted by atomic mass is 9.93. The molecule has 1 heterocycles. The van der Waals surface area contributed by atoms with Gasteiger partial charge in [0, 0.05) is 2.74 Å². The highest BCUT2D eigenvalue weighted by molar-refractivity contribution is 5.78. The van der Waals surface area contributed by atoms with Gasteiger partial charge >= 0.3 is 12.1 Å². The molecule has 0 atom stereocenters. The summed E-state index contributed by atoms with van der Waals surface area (Å²) in [7, 11) is 0. The minimum atomic E-state index is -0.928. The van der Waals surface area contributed by atoms with Gasteiger partial charge in [0.1, 0.15) is 25.2 Å². The van der Waals surface area contributed by atoms with Crippen LogP contribution < -0.4 is 0 Å². The summed E-state index contributed by atoms with van der Waals surface area (Å²) >= 11 is 0. The predicted molar refractivity (Wildman–Crippen MR) is 126 cm³/mol. The highest BCUT2D eigenvalue weighted by atomic mass is 16.7. The van der Waals surface area contributed by atoms with Crippen molar-refractivity contribution in [1.82, 2.24) is 0 Å². The van der Waals surface area contributed by atoms with Crippen molar-refractivity contribution in [3.05, 3.63) is 71.8 Å². The minimum Gasteiger partial charge on any atom is -0.460 e. The predicted octanol–water partition coefficient (Wildman–Crippen LogP) is 5.91. The Morgan fingerprint density at radius 1 is 0.969 bits per heavy atom. The van der Waals surface area contributed by atoms with Gasteiger partial charge in [-0.05, 0) is 18.1 Å². The van der Waals surface area contributed by atoms with Gasteiger partial charge in [-0.1, -0.05) is 101 Å². The first-order valence-electron chi connectivity index (χ1n) is 12.0. The molecule has 32 heavy (non-hydrogen) atoms. The van der Waals surface area contributed by atoms with E-state index in [0.717, 1.165) is 24.0 Å². The molecule has 0 aromatic heterocycles. The van der Waals surface area contributed by atoms with E-state index in [1.165, 1.54) is 0 Å². The molecule has 1 aliphatic heterocycles. The number of hydrogen-bond acceptors (Lipinski definition) is 6. The molecule has 0 unspecified atom stereocenters. The Morgan fingerprint density at radius 3 is 1.78 bits per heavy atom. The van der Waals surface area contributed by atoms with Crippen molar-refractivity contribution in [2.45, 2.75) is 60.6 Å². The molecule has 0 spiro atoms. The molecule has 178 valence electrons. The van der Waals surface area contributed by atoms with Gasteiger partial charge in [-0.25, -0.2) is 4.79 Å². The van der Waals surface area contributed by atoms with E-state index in [2.05, 4.69) is 0 Å². The van der Waals surface area contributed by atoms with Crippen molar-refractivity contribution in [2.24, 2.45) is 5.41 Å². The lowest BCUT2D eigenvalue weighted by Gasteiger charge is -2.29. The van der Waals surface area contributed by atoms with Crippen LogP contribution in [-0.2, 0) is 32.2 Å². The van der Waals surface area contributed by atoms with Crippen LogP contribution in [0.2, 0.25) is 0 Å². The molecule has 0 radical (unpaired) electrons. The molecule has 1 saturated heterocycles. The maximum absolute atomic E-state index is 11.9. The van der Waals surface area contributed by atoms with Gasteiger partial charge in [-0.15, -0.1) is 0 Å². The van der Waals surface area contributed by atoms with Crippen LogP contribution in [0.3, 0.4) is 0 Å². The normalized spacial score (nSPS) is 14.1. The molecule has 0 bridgehead atoms. The summed E-state index contributed by atoms with van der Waals surface area (Å²) in [5.41, 5.74) is 0.943. The zero-order chi connectivity index (χ0) is 25.7. The average Bonchev–Trinajstić information content (AvgIpc) is 2.90. The van der Waals surface area contributed by atoms with Gasteiger partial charge < -0.3 is 19.3 Å². The Hall–Kier alpha value is -2.86. The van der Waals surface area contributed by atoms with Crippen molar-refractivity contribution in [3.8, 4) is 0 Å². The van der Waals surface area contributed by atoms with Crippen molar-refractivity contribution >= 4 is 12.1 Å². The number of esters is 1. The first kappa shape index (κ1) is 25.4. The number of carbonyl (C=O) groups is 2. The van der Waals surface area contributed by atoms with E-state index in [-0.39, 0.29) is 26.4 Å². The van der Waals surface area contributed by atoms with Crippen molar-refractivity contribution in [3.63, 3.8) is 0 Å². The molecule has 1 N–H and O–H groups in total. The van der Waals surface area contributed by atoms with E-state index in [0.29, 0.717) is 13.8 Å². The number of benzene rings is 2. The van der Waals surface area contributed by atoms with Crippen molar-refractivity contribution < 1.29 is 31.6 Å². The molecule has 2 aromatic rings. The second-order valence-electron chi connectivity index (χ2n) is 7.09. The number of aliphatic hydroxyl groups excluding tert-OH is 1. The second kappa shape index (κ2) is 17.8. The number of hydrogen-bond donors (Lipinski definition) is 1. The molecule has 1 fully saturated rings. The van der Waals surface area contributed by atoms with E-state index < -0.39 is 17.5 Å². The highest BCUT2D eigenvalue weighted by Crippen LogP contribution is 2.24. The maximum Gasteiger partial charge on any atom is 0.508 e. The van der Waals surface area contributed by atoms with Gasteiger partial charge in [0.05, 0.1) is 6.61 Å². The number of rotatable bonds is 4. The van der Waals surface area contributed by atoms with Crippen LogP contribution in [0.1, 0.15) is 61.3 Å². The molecule has 0 aliphatic carbocycles. The number of cyclic esters (lactones) is 2. The molecule has 0 saturated carbocycles. The van der Waals surface area contributed by atoms with Crippen molar-refractivity contribution in [2.75, 3.05) is 13.2 Å². The van der Waals surface area contributed by atoms with Gasteiger partial charge in [0.25, 0.3) is 0 Å². The maximum atomic E-state index is 11.9. The summed E-state index contributed by atoms with van der Waals surface area (Å²) in [6.07, 6.45) is 1.23. The van der Waals surface area contributed by atoms with Crippen LogP contribution in [-0.4, -0.2) is 30.4 Å².